The molecule has 14 heavy (non-hydrogen) atoms. The first-order valence-electron chi connectivity index (χ1n) is 5.04. The molecule has 0 bridgehead atoms. The van der Waals surface area contributed by atoms with Gasteiger partial charge in [0.25, 0.3) is 0 Å². The quantitative estimate of drug-likeness (QED) is 0.676. The Balaban J connectivity index is 2.16. The third kappa shape index (κ3) is 1.87. The fourth-order valence-electron chi connectivity index (χ4n) is 1.70. The highest BCUT2D eigenvalue weighted by atomic mass is 16.5. The molecule has 0 saturated carbocycles. The summed E-state index contributed by atoms with van der Waals surface area (Å²) in [6.07, 6.45) is 1.91. The maximum Gasteiger partial charge on any atom is 0.128 e. The van der Waals surface area contributed by atoms with Gasteiger partial charge in [-0.25, -0.2) is 4.98 Å². The number of nitrogens with zero attached hydrogens (tertiary/aromatic N) is 2. The van der Waals surface area contributed by atoms with Crippen LogP contribution in [-0.4, -0.2) is 30.8 Å². The van der Waals surface area contributed by atoms with Crippen molar-refractivity contribution in [1.29, 1.82) is 0 Å². The van der Waals surface area contributed by atoms with Crippen LogP contribution in [0.5, 0.6) is 0 Å². The minimum Gasteiger partial charge on any atom is -0.377 e. The highest BCUT2D eigenvalue weighted by Gasteiger charge is 2.19. The van der Waals surface area contributed by atoms with Gasteiger partial charge in [-0.2, -0.15) is 0 Å². The minimum atomic E-state index is 0.430. The van der Waals surface area contributed by atoms with Crippen LogP contribution in [0, 0.1) is 6.92 Å². The fraction of sp³-hybridized carbons (Fsp3) is 0.545. The van der Waals surface area contributed by atoms with E-state index < -0.39 is 0 Å². The zero-order valence-electron chi connectivity index (χ0n) is 8.73. The van der Waals surface area contributed by atoms with Gasteiger partial charge in [-0.15, -0.1) is 0 Å². The van der Waals surface area contributed by atoms with Gasteiger partial charge in [0, 0.05) is 12.7 Å². The Kier molecular flexibility index (Phi) is 2.68. The Hall–Kier alpha value is -1.09. The summed E-state index contributed by atoms with van der Waals surface area (Å²) in [6.45, 7) is 6.77. The number of hydrogen-bond donors (Lipinski definition) is 0. The van der Waals surface area contributed by atoms with Gasteiger partial charge in [0.1, 0.15) is 5.82 Å². The average molecular weight is 192 g/mol. The molecule has 76 valence electrons. The van der Waals surface area contributed by atoms with Gasteiger partial charge < -0.3 is 9.64 Å². The van der Waals surface area contributed by atoms with Crippen LogP contribution in [0.4, 0.5) is 5.82 Å². The number of anilines is 1. The normalized spacial score (nSPS) is 22.4. The lowest BCUT2D eigenvalue weighted by Crippen LogP contribution is -2.44. The summed E-state index contributed by atoms with van der Waals surface area (Å²) in [5.74, 6) is 1.06. The molecule has 1 fully saturated rings. The predicted octanol–water partition coefficient (Wildman–Crippen LogP) is 1.62. The second kappa shape index (κ2) is 3.96. The van der Waals surface area contributed by atoms with Gasteiger partial charge in [0.2, 0.25) is 0 Å². The van der Waals surface area contributed by atoms with Gasteiger partial charge in [-0.3, -0.25) is 0 Å². The lowest BCUT2D eigenvalue weighted by atomic mass is 10.2. The van der Waals surface area contributed by atoms with Gasteiger partial charge in [-0.1, -0.05) is 6.07 Å². The van der Waals surface area contributed by atoms with Crippen LogP contribution in [0.15, 0.2) is 18.3 Å². The molecule has 1 aromatic rings. The molecule has 2 heterocycles. The molecule has 0 radical (unpaired) electrons. The summed E-state index contributed by atoms with van der Waals surface area (Å²) < 4.78 is 5.39. The van der Waals surface area contributed by atoms with Gasteiger partial charge >= 0.3 is 0 Å². The molecule has 1 aliphatic heterocycles. The molecule has 1 saturated heterocycles. The number of aryl methyl sites for hydroxylation is 1. The van der Waals surface area contributed by atoms with E-state index in [2.05, 4.69) is 35.9 Å². The Morgan fingerprint density at radius 3 is 3.00 bits per heavy atom. The Labute approximate surface area is 84.7 Å². The summed E-state index contributed by atoms with van der Waals surface area (Å²) in [4.78, 5) is 6.72. The lowest BCUT2D eigenvalue weighted by Gasteiger charge is -2.34. The summed E-state index contributed by atoms with van der Waals surface area (Å²) in [6, 6.07) is 4.61. The molecule has 3 nitrogen and oxygen atoms in total. The predicted molar refractivity (Wildman–Crippen MR) is 56.6 cm³/mol. The van der Waals surface area contributed by atoms with Crippen molar-refractivity contribution in [2.24, 2.45) is 0 Å². The molecule has 0 amide bonds. The van der Waals surface area contributed by atoms with Crippen LogP contribution < -0.4 is 4.90 Å². The van der Waals surface area contributed by atoms with E-state index in [0.29, 0.717) is 6.04 Å². The summed E-state index contributed by atoms with van der Waals surface area (Å²) in [5, 5.41) is 0. The Bertz CT molecular complexity index is 297. The first-order chi connectivity index (χ1) is 6.77. The van der Waals surface area contributed by atoms with Crippen molar-refractivity contribution in [2.75, 3.05) is 24.7 Å². The largest absolute Gasteiger partial charge is 0.377 e. The third-order valence-corrected chi connectivity index (χ3v) is 2.56. The van der Waals surface area contributed by atoms with Crippen LogP contribution in [0.3, 0.4) is 0 Å². The third-order valence-electron chi connectivity index (χ3n) is 2.56. The minimum absolute atomic E-state index is 0.430. The van der Waals surface area contributed by atoms with Crippen LogP contribution in [0.25, 0.3) is 0 Å². The van der Waals surface area contributed by atoms with Gasteiger partial charge in [0.05, 0.1) is 19.3 Å². The molecule has 0 N–H and O–H groups in total. The molecule has 0 spiro atoms. The average Bonchev–Trinajstić information content (AvgIpc) is 2.20. The molecule has 0 aliphatic carbocycles. The molecule has 1 aliphatic rings. The topological polar surface area (TPSA) is 25.4 Å². The summed E-state index contributed by atoms with van der Waals surface area (Å²) >= 11 is 0. The van der Waals surface area contributed by atoms with Crippen LogP contribution in [0.1, 0.15) is 12.5 Å². The number of ether oxygens (including phenoxy) is 1. The fourth-order valence-corrected chi connectivity index (χ4v) is 1.70. The standard InChI is InChI=1S/C11H16N2O/c1-9-3-4-11(12-7-9)13-5-6-14-8-10(13)2/h3-4,7,10H,5-6,8H2,1-2H3. The first-order valence-corrected chi connectivity index (χ1v) is 5.04. The lowest BCUT2D eigenvalue weighted by molar-refractivity contribution is 0.0985. The van der Waals surface area contributed by atoms with Crippen LogP contribution in [0.2, 0.25) is 0 Å². The number of hydrogen-bond acceptors (Lipinski definition) is 3. The molecule has 3 heteroatoms. The van der Waals surface area contributed by atoms with E-state index in [0.717, 1.165) is 25.6 Å². The van der Waals surface area contributed by atoms with Crippen molar-refractivity contribution in [2.45, 2.75) is 19.9 Å². The van der Waals surface area contributed by atoms with Crippen molar-refractivity contribution in [1.82, 2.24) is 4.98 Å². The molecule has 2 rings (SSSR count). The number of pyridine rings is 1. The van der Waals surface area contributed by atoms with E-state index in [-0.39, 0.29) is 0 Å². The summed E-state index contributed by atoms with van der Waals surface area (Å²) in [5.41, 5.74) is 1.20. The van der Waals surface area contributed by atoms with Crippen LogP contribution >= 0.6 is 0 Å². The second-order valence-corrected chi connectivity index (χ2v) is 3.81. The maximum absolute atomic E-state index is 5.39. The molecular weight excluding hydrogens is 176 g/mol. The first kappa shape index (κ1) is 9.46. The van der Waals surface area contributed by atoms with E-state index in [9.17, 15) is 0 Å². The Morgan fingerprint density at radius 1 is 1.50 bits per heavy atom. The van der Waals surface area contributed by atoms with E-state index in [1.165, 1.54) is 5.56 Å². The highest BCUT2D eigenvalue weighted by Crippen LogP contribution is 2.16. The number of rotatable bonds is 1. The highest BCUT2D eigenvalue weighted by molar-refractivity contribution is 5.40. The molecule has 1 aromatic heterocycles. The molecule has 1 atom stereocenters. The SMILES string of the molecule is Cc1ccc(N2CCOCC2C)nc1. The molecule has 1 unspecified atom stereocenters. The Morgan fingerprint density at radius 2 is 2.36 bits per heavy atom. The van der Waals surface area contributed by atoms with E-state index in [4.69, 9.17) is 4.74 Å². The van der Waals surface area contributed by atoms with Crippen molar-refractivity contribution >= 4 is 5.82 Å². The zero-order valence-corrected chi connectivity index (χ0v) is 8.73. The van der Waals surface area contributed by atoms with E-state index in [1.807, 2.05) is 6.20 Å². The smallest absolute Gasteiger partial charge is 0.128 e. The van der Waals surface area contributed by atoms with Gasteiger partial charge in [0.15, 0.2) is 0 Å². The molecular formula is C11H16N2O. The number of morpholine rings is 1. The van der Waals surface area contributed by atoms with Crippen molar-refractivity contribution < 1.29 is 4.74 Å². The van der Waals surface area contributed by atoms with Crippen molar-refractivity contribution in [3.05, 3.63) is 23.9 Å². The zero-order chi connectivity index (χ0) is 9.97. The van der Waals surface area contributed by atoms with Crippen molar-refractivity contribution in [3.63, 3.8) is 0 Å². The second-order valence-electron chi connectivity index (χ2n) is 3.81. The van der Waals surface area contributed by atoms with Gasteiger partial charge in [-0.05, 0) is 25.5 Å². The van der Waals surface area contributed by atoms with E-state index >= 15 is 0 Å². The number of aromatic nitrogens is 1. The van der Waals surface area contributed by atoms with E-state index in [1.54, 1.807) is 0 Å². The monoisotopic (exact) mass is 192 g/mol. The summed E-state index contributed by atoms with van der Waals surface area (Å²) in [7, 11) is 0. The van der Waals surface area contributed by atoms with Crippen LogP contribution in [-0.2, 0) is 4.74 Å². The van der Waals surface area contributed by atoms with Crippen molar-refractivity contribution in [3.8, 4) is 0 Å². The molecule has 0 aromatic carbocycles. The maximum atomic E-state index is 5.39.